The summed E-state index contributed by atoms with van der Waals surface area (Å²) in [5.41, 5.74) is 0. The quantitative estimate of drug-likeness (QED) is 0.0800. The van der Waals surface area contributed by atoms with Crippen molar-refractivity contribution in [2.45, 2.75) is 138 Å². The number of hydrogen-bond acceptors (Lipinski definition) is 4. The molecule has 0 saturated carbocycles. The fourth-order valence-electron chi connectivity index (χ4n) is 3.73. The van der Waals surface area contributed by atoms with Gasteiger partial charge in [-0.1, -0.05) is 0 Å². The average molecular weight is 1250 g/mol. The normalized spacial score (nSPS) is 17.3. The molecule has 0 fully saturated rings. The van der Waals surface area contributed by atoms with E-state index >= 15 is 17.6 Å². The largest absolute Gasteiger partial charge is 0.460 e. The van der Waals surface area contributed by atoms with Gasteiger partial charge >= 0.3 is 138 Å². The van der Waals surface area contributed by atoms with Gasteiger partial charge in [0.1, 0.15) is 0 Å². The molecule has 452 valence electrons. The van der Waals surface area contributed by atoms with E-state index in [2.05, 4.69) is 0 Å². The number of rotatable bonds is 22. The molecule has 0 aromatic rings. The van der Waals surface area contributed by atoms with Crippen LogP contribution in [0.3, 0.4) is 0 Å². The molecule has 0 aromatic carbocycles. The molecule has 0 unspecified atom stereocenters. The second-order valence-corrected chi connectivity index (χ2v) is 13.0. The first-order valence-corrected chi connectivity index (χ1v) is 15.2. The summed E-state index contributed by atoms with van der Waals surface area (Å²) >= 11 is 0. The molecule has 0 atom stereocenters. The molecule has 0 radical (unpaired) electrons. The van der Waals surface area contributed by atoms with E-state index < -0.39 is 138 Å². The van der Waals surface area contributed by atoms with Crippen LogP contribution in [0.4, 0.5) is 211 Å². The Morgan fingerprint density at radius 2 is 0.240 bits per heavy atom. The summed E-state index contributed by atoms with van der Waals surface area (Å²) in [7, 11) is 0. The van der Waals surface area contributed by atoms with Gasteiger partial charge in [-0.15, -0.1) is 0 Å². The highest BCUT2D eigenvalue weighted by molar-refractivity contribution is 5.11. The van der Waals surface area contributed by atoms with Gasteiger partial charge in [-0.25, -0.2) is 9.47 Å². The summed E-state index contributed by atoms with van der Waals surface area (Å²) < 4.78 is 657. The zero-order valence-electron chi connectivity index (χ0n) is 31.3. The molecule has 0 aliphatic heterocycles. The predicted octanol–water partition coefficient (Wildman–Crippen LogP) is 15.2. The van der Waals surface area contributed by atoms with Crippen LogP contribution in [0.1, 0.15) is 0 Å². The van der Waals surface area contributed by atoms with Gasteiger partial charge in [-0.3, -0.25) is 9.47 Å². The molecule has 0 aromatic heterocycles. The van der Waals surface area contributed by atoms with E-state index in [1.165, 1.54) is 0 Å². The Morgan fingerprint density at radius 1 is 0.120 bits per heavy atom. The summed E-state index contributed by atoms with van der Waals surface area (Å²) in [6.45, 7) is 0. The highest BCUT2D eigenvalue weighted by Crippen LogP contribution is 2.67. The molecule has 0 amide bonds. The predicted molar refractivity (Wildman–Crippen MR) is 120 cm³/mol. The average Bonchev–Trinajstić information content (AvgIpc) is 3.10. The van der Waals surface area contributed by atoms with Crippen LogP contribution >= 0.6 is 0 Å². The molecule has 0 saturated heterocycles. The van der Waals surface area contributed by atoms with E-state index in [1.807, 2.05) is 0 Å². The molecule has 0 aliphatic carbocycles. The molecule has 0 spiro atoms. The van der Waals surface area contributed by atoms with Crippen molar-refractivity contribution < 1.29 is 230 Å². The van der Waals surface area contributed by atoms with E-state index in [0.717, 1.165) is 0 Å². The van der Waals surface area contributed by atoms with Crippen molar-refractivity contribution in [3.05, 3.63) is 0 Å². The lowest BCUT2D eigenvalue weighted by Gasteiger charge is -2.49. The minimum Gasteiger partial charge on any atom is -0.266 e. The molecule has 0 aliphatic rings. The molecule has 52 heteroatoms. The first-order chi connectivity index (χ1) is 31.3. The van der Waals surface area contributed by atoms with Gasteiger partial charge in [0.15, 0.2) is 0 Å². The van der Waals surface area contributed by atoms with Gasteiger partial charge in [0, 0.05) is 0 Å². The van der Waals surface area contributed by atoms with Crippen LogP contribution in [-0.2, 0) is 18.9 Å². The van der Waals surface area contributed by atoms with Crippen LogP contribution in [-0.4, -0.2) is 138 Å². The van der Waals surface area contributed by atoms with E-state index in [9.17, 15) is 193 Å². The van der Waals surface area contributed by atoms with Crippen LogP contribution in [0, 0.1) is 0 Å². The van der Waals surface area contributed by atoms with Crippen LogP contribution in [0.2, 0.25) is 0 Å². The Morgan fingerprint density at radius 3 is 0.360 bits per heavy atom. The first kappa shape index (κ1) is 71.5. The highest BCUT2D eigenvalue weighted by Gasteiger charge is 2.97. The smallest absolute Gasteiger partial charge is 0.266 e. The van der Waals surface area contributed by atoms with E-state index in [4.69, 9.17) is 0 Å². The lowest BCUT2D eigenvalue weighted by molar-refractivity contribution is -0.634. The lowest BCUT2D eigenvalue weighted by Crippen LogP contribution is -2.78. The molecule has 0 bridgehead atoms. The number of alkyl halides is 48. The maximum Gasteiger partial charge on any atom is 0.460 e. The van der Waals surface area contributed by atoms with Gasteiger partial charge in [0.2, 0.25) is 0 Å². The van der Waals surface area contributed by atoms with Crippen molar-refractivity contribution in [3.8, 4) is 0 Å². The second kappa shape index (κ2) is 17.7. The molecule has 0 N–H and O–H groups in total. The molecule has 75 heavy (non-hydrogen) atoms. The van der Waals surface area contributed by atoms with Crippen molar-refractivity contribution in [1.82, 2.24) is 0 Å². The van der Waals surface area contributed by atoms with Gasteiger partial charge < -0.3 is 0 Å². The SMILES string of the molecule is FC(F)(F)C(F)(F)C(F)(F)C(F)(F)C(F)(F)OC(F)(F)C(OC(F)(F)C(F)(F)C(F)(F)C(F)(F)C(F)(F)F)(OC(F)(F)C(F)(F)C(F)(F)C(F)(F)C(F)(F)F)C(F)(F)OC(F)(F)C(F)(F)C(F)(F)C(F)(F)C(F)(F)F. The minimum atomic E-state index is -11.4. The topological polar surface area (TPSA) is 36.9 Å². The van der Waals surface area contributed by atoms with Crippen LogP contribution in [0.25, 0.3) is 0 Å². The summed E-state index contributed by atoms with van der Waals surface area (Å²) in [5.74, 6) is -130. The van der Waals surface area contributed by atoms with Gasteiger partial charge in [0.25, 0.3) is 0 Å². The molecular weight excluding hydrogens is 1250 g/mol. The van der Waals surface area contributed by atoms with Gasteiger partial charge in [-0.05, 0) is 0 Å². The summed E-state index contributed by atoms with van der Waals surface area (Å²) in [5, 5.41) is 0. The van der Waals surface area contributed by atoms with E-state index in [-0.39, 0.29) is 18.9 Å². The number of ether oxygens (including phenoxy) is 4. The van der Waals surface area contributed by atoms with E-state index in [1.54, 1.807) is 0 Å². The van der Waals surface area contributed by atoms with Crippen LogP contribution in [0.15, 0.2) is 0 Å². The summed E-state index contributed by atoms with van der Waals surface area (Å²) in [4.78, 5) is 0. The van der Waals surface area contributed by atoms with Gasteiger partial charge in [0.05, 0.1) is 0 Å². The number of halogens is 48. The third kappa shape index (κ3) is 9.93. The summed E-state index contributed by atoms with van der Waals surface area (Å²) in [6.07, 6.45) is -99.6. The standard InChI is InChI=1S/C23F48O4/c24-1(25,5(32,33)14(48,49)50)9(40,41)18(60,61)72-13(73-19(62,63)10(42,43)2(26,27)6(34,35)15(51,52)53,22(68,69)74-20(64,65)11(44,45)3(28,29)7(36,37)16(54,55)56)23(70,71)75-21(66,67)12(46,47)4(30,31)8(38,39)17(57,58)59. The molecule has 4 nitrogen and oxygen atoms in total. The second-order valence-electron chi connectivity index (χ2n) is 13.0. The maximum atomic E-state index is 15.4. The molecule has 0 heterocycles. The molecular formula is C23F48O4. The summed E-state index contributed by atoms with van der Waals surface area (Å²) in [6, 6.07) is 0. The Bertz CT molecular complexity index is 1860. The van der Waals surface area contributed by atoms with Crippen molar-refractivity contribution in [2.75, 3.05) is 0 Å². The van der Waals surface area contributed by atoms with Crippen molar-refractivity contribution in [3.63, 3.8) is 0 Å². The van der Waals surface area contributed by atoms with Crippen LogP contribution in [0.5, 0.6) is 0 Å². The molecule has 0 rings (SSSR count). The fourth-order valence-corrected chi connectivity index (χ4v) is 3.73. The van der Waals surface area contributed by atoms with Crippen molar-refractivity contribution >= 4 is 0 Å². The highest BCUT2D eigenvalue weighted by atomic mass is 19.5. The Labute approximate surface area is 369 Å². The Kier molecular flexibility index (Phi) is 16.9. The van der Waals surface area contributed by atoms with E-state index in [0.29, 0.717) is 0 Å². The Balaban J connectivity index is 10.1. The monoisotopic (exact) mass is 1250 g/mol. The first-order valence-electron chi connectivity index (χ1n) is 15.2. The van der Waals surface area contributed by atoms with Crippen molar-refractivity contribution in [1.29, 1.82) is 0 Å². The zero-order valence-corrected chi connectivity index (χ0v) is 31.3. The maximum absolute atomic E-state index is 15.4. The Hall–Kier alpha value is -3.52. The van der Waals surface area contributed by atoms with Gasteiger partial charge in [-0.2, -0.15) is 211 Å². The lowest BCUT2D eigenvalue weighted by atomic mass is 10.0. The fraction of sp³-hybridized carbons (Fsp3) is 1.00. The third-order valence-electron chi connectivity index (χ3n) is 7.86. The zero-order chi connectivity index (χ0) is 62.3. The third-order valence-corrected chi connectivity index (χ3v) is 7.86. The van der Waals surface area contributed by atoms with Crippen molar-refractivity contribution in [2.24, 2.45) is 0 Å². The minimum absolute atomic E-state index is 0.189. The van der Waals surface area contributed by atoms with Crippen LogP contribution < -0.4 is 0 Å². The number of hydrogen-bond donors (Lipinski definition) is 0.